The quantitative estimate of drug-likeness (QED) is 0.788. The summed E-state index contributed by atoms with van der Waals surface area (Å²) in [6.07, 6.45) is 3.50. The number of nitrogens with zero attached hydrogens (tertiary/aromatic N) is 2. The maximum atomic E-state index is 12.8. The monoisotopic (exact) mass is 300 g/mol. The zero-order valence-electron chi connectivity index (χ0n) is 13.5. The maximum Gasteiger partial charge on any atom is 0.253 e. The van der Waals surface area contributed by atoms with Crippen molar-refractivity contribution in [2.24, 2.45) is 0 Å². The molecule has 2 aliphatic rings. The van der Waals surface area contributed by atoms with Crippen molar-refractivity contribution in [2.75, 3.05) is 26.2 Å². The molecule has 1 aromatic carbocycles. The van der Waals surface area contributed by atoms with Crippen LogP contribution >= 0.6 is 0 Å². The summed E-state index contributed by atoms with van der Waals surface area (Å²) >= 11 is 0. The van der Waals surface area contributed by atoms with E-state index in [2.05, 4.69) is 4.90 Å². The zero-order valence-corrected chi connectivity index (χ0v) is 13.5. The Hall–Kier alpha value is -1.68. The molecule has 0 spiro atoms. The molecule has 0 aromatic heterocycles. The Morgan fingerprint density at radius 3 is 2.64 bits per heavy atom. The Bertz CT molecular complexity index is 597. The van der Waals surface area contributed by atoms with E-state index in [4.69, 9.17) is 0 Å². The fraction of sp³-hybridized carbons (Fsp3) is 0.556. The highest BCUT2D eigenvalue weighted by Gasteiger charge is 2.30. The summed E-state index contributed by atoms with van der Waals surface area (Å²) < 4.78 is 0. The third-order valence-electron chi connectivity index (χ3n) is 4.94. The van der Waals surface area contributed by atoms with E-state index in [0.717, 1.165) is 31.6 Å². The van der Waals surface area contributed by atoms with Crippen LogP contribution in [0.2, 0.25) is 0 Å². The summed E-state index contributed by atoms with van der Waals surface area (Å²) in [7, 11) is 0. The molecule has 2 aliphatic heterocycles. The molecule has 2 fully saturated rings. The average molecular weight is 300 g/mol. The first-order valence-corrected chi connectivity index (χ1v) is 8.21. The van der Waals surface area contributed by atoms with Crippen molar-refractivity contribution in [3.8, 4) is 0 Å². The second kappa shape index (κ2) is 6.21. The summed E-state index contributed by atoms with van der Waals surface area (Å²) in [4.78, 5) is 28.8. The lowest BCUT2D eigenvalue weighted by Crippen LogP contribution is -2.39. The Morgan fingerprint density at radius 1 is 1.14 bits per heavy atom. The van der Waals surface area contributed by atoms with Gasteiger partial charge in [0.1, 0.15) is 0 Å². The van der Waals surface area contributed by atoms with Crippen LogP contribution in [0.3, 0.4) is 0 Å². The number of ketones is 1. The summed E-state index contributed by atoms with van der Waals surface area (Å²) in [5.41, 5.74) is 2.29. The van der Waals surface area contributed by atoms with Gasteiger partial charge in [-0.15, -0.1) is 0 Å². The van der Waals surface area contributed by atoms with Crippen molar-refractivity contribution in [2.45, 2.75) is 39.2 Å². The molecule has 4 nitrogen and oxygen atoms in total. The average Bonchev–Trinajstić information content (AvgIpc) is 2.83. The van der Waals surface area contributed by atoms with Crippen molar-refractivity contribution in [3.63, 3.8) is 0 Å². The van der Waals surface area contributed by atoms with E-state index in [0.29, 0.717) is 17.2 Å². The van der Waals surface area contributed by atoms with Gasteiger partial charge in [-0.25, -0.2) is 0 Å². The van der Waals surface area contributed by atoms with Crippen LogP contribution < -0.4 is 0 Å². The summed E-state index contributed by atoms with van der Waals surface area (Å²) in [5.74, 6) is 0.153. The van der Waals surface area contributed by atoms with Crippen LogP contribution in [0.5, 0.6) is 0 Å². The molecule has 1 aromatic rings. The van der Waals surface area contributed by atoms with Crippen LogP contribution in [0, 0.1) is 6.92 Å². The van der Waals surface area contributed by atoms with Crippen molar-refractivity contribution in [3.05, 3.63) is 34.9 Å². The zero-order chi connectivity index (χ0) is 15.7. The normalized spacial score (nSPS) is 22.3. The fourth-order valence-electron chi connectivity index (χ4n) is 3.77. The molecule has 2 heterocycles. The van der Waals surface area contributed by atoms with Crippen LogP contribution in [0.15, 0.2) is 18.2 Å². The first-order chi connectivity index (χ1) is 10.6. The number of Topliss-reactive ketones (excluding diaryl/α,β-unsaturated/α-hetero) is 1. The molecule has 0 saturated carbocycles. The standard InChI is InChI=1S/C18H24N2O2/c1-13-11-15(6-7-17(13)14(2)21)18(22)20-10-4-9-19-8-3-5-16(19)12-20/h6-7,11,16H,3-5,8-10,12H2,1-2H3. The van der Waals surface area contributed by atoms with E-state index in [1.165, 1.54) is 19.4 Å². The Morgan fingerprint density at radius 2 is 1.91 bits per heavy atom. The van der Waals surface area contributed by atoms with Gasteiger partial charge in [-0.2, -0.15) is 0 Å². The van der Waals surface area contributed by atoms with Gasteiger partial charge in [0, 0.05) is 36.8 Å². The number of hydrogen-bond donors (Lipinski definition) is 0. The lowest BCUT2D eigenvalue weighted by Gasteiger charge is -2.26. The van der Waals surface area contributed by atoms with E-state index in [1.54, 1.807) is 19.1 Å². The topological polar surface area (TPSA) is 40.6 Å². The highest BCUT2D eigenvalue weighted by atomic mass is 16.2. The van der Waals surface area contributed by atoms with Crippen LogP contribution in [-0.4, -0.2) is 53.7 Å². The first-order valence-electron chi connectivity index (χ1n) is 8.21. The molecular formula is C18H24N2O2. The predicted molar refractivity (Wildman–Crippen MR) is 86.3 cm³/mol. The second-order valence-corrected chi connectivity index (χ2v) is 6.52. The van der Waals surface area contributed by atoms with Gasteiger partial charge in [-0.3, -0.25) is 14.5 Å². The highest BCUT2D eigenvalue weighted by Crippen LogP contribution is 2.23. The molecule has 1 unspecified atom stereocenters. The third-order valence-corrected chi connectivity index (χ3v) is 4.94. The molecule has 2 saturated heterocycles. The summed E-state index contributed by atoms with van der Waals surface area (Å²) in [6, 6.07) is 5.97. The lowest BCUT2D eigenvalue weighted by molar-refractivity contribution is 0.0743. The van der Waals surface area contributed by atoms with Crippen LogP contribution in [-0.2, 0) is 0 Å². The van der Waals surface area contributed by atoms with E-state index in [9.17, 15) is 9.59 Å². The molecular weight excluding hydrogens is 276 g/mol. The first kappa shape index (κ1) is 15.2. The molecule has 4 heteroatoms. The number of amides is 1. The smallest absolute Gasteiger partial charge is 0.253 e. The molecule has 3 rings (SSSR count). The summed E-state index contributed by atoms with van der Waals surface area (Å²) in [6.45, 7) is 7.42. The number of aryl methyl sites for hydroxylation is 1. The van der Waals surface area contributed by atoms with Gasteiger partial charge < -0.3 is 4.90 Å². The molecule has 1 atom stereocenters. The fourth-order valence-corrected chi connectivity index (χ4v) is 3.77. The van der Waals surface area contributed by atoms with E-state index in [1.807, 2.05) is 17.9 Å². The van der Waals surface area contributed by atoms with Gasteiger partial charge in [0.2, 0.25) is 0 Å². The largest absolute Gasteiger partial charge is 0.337 e. The number of rotatable bonds is 2. The van der Waals surface area contributed by atoms with Gasteiger partial charge in [-0.05, 0) is 57.4 Å². The second-order valence-electron chi connectivity index (χ2n) is 6.52. The summed E-state index contributed by atoms with van der Waals surface area (Å²) in [5, 5.41) is 0. The molecule has 1 amide bonds. The molecule has 0 N–H and O–H groups in total. The molecule has 22 heavy (non-hydrogen) atoms. The Kier molecular flexibility index (Phi) is 4.30. The SMILES string of the molecule is CC(=O)c1ccc(C(=O)N2CCCN3CCCC3C2)cc1C. The van der Waals surface area contributed by atoms with Crippen LogP contribution in [0.25, 0.3) is 0 Å². The van der Waals surface area contributed by atoms with Crippen molar-refractivity contribution >= 4 is 11.7 Å². The van der Waals surface area contributed by atoms with Gasteiger partial charge in [0.05, 0.1) is 0 Å². The molecule has 0 radical (unpaired) electrons. The Labute approximate surface area is 132 Å². The van der Waals surface area contributed by atoms with Crippen molar-refractivity contribution < 1.29 is 9.59 Å². The van der Waals surface area contributed by atoms with Crippen LogP contribution in [0.4, 0.5) is 0 Å². The van der Waals surface area contributed by atoms with Gasteiger partial charge in [-0.1, -0.05) is 6.07 Å². The van der Waals surface area contributed by atoms with Gasteiger partial charge >= 0.3 is 0 Å². The van der Waals surface area contributed by atoms with E-state index in [-0.39, 0.29) is 11.7 Å². The minimum absolute atomic E-state index is 0.0490. The third kappa shape index (κ3) is 2.93. The minimum Gasteiger partial charge on any atom is -0.337 e. The number of fused-ring (bicyclic) bond motifs is 1. The predicted octanol–water partition coefficient (Wildman–Crippen LogP) is 2.51. The van der Waals surface area contributed by atoms with Gasteiger partial charge in [0.25, 0.3) is 5.91 Å². The highest BCUT2D eigenvalue weighted by molar-refractivity contribution is 5.99. The van der Waals surface area contributed by atoms with Crippen LogP contribution in [0.1, 0.15) is 52.5 Å². The number of hydrogen-bond acceptors (Lipinski definition) is 3. The lowest BCUT2D eigenvalue weighted by atomic mass is 10.0. The minimum atomic E-state index is 0.0490. The number of carbonyl (C=O) groups excluding carboxylic acids is 2. The van der Waals surface area contributed by atoms with Crippen molar-refractivity contribution in [1.29, 1.82) is 0 Å². The van der Waals surface area contributed by atoms with E-state index < -0.39 is 0 Å². The molecule has 0 aliphatic carbocycles. The number of carbonyl (C=O) groups is 2. The molecule has 0 bridgehead atoms. The number of benzene rings is 1. The van der Waals surface area contributed by atoms with Gasteiger partial charge in [0.15, 0.2) is 5.78 Å². The van der Waals surface area contributed by atoms with E-state index >= 15 is 0 Å². The maximum absolute atomic E-state index is 12.8. The van der Waals surface area contributed by atoms with Crippen molar-refractivity contribution in [1.82, 2.24) is 9.80 Å². The Balaban J connectivity index is 1.78. The molecule has 118 valence electrons.